The van der Waals surface area contributed by atoms with Crippen molar-refractivity contribution in [1.82, 2.24) is 9.80 Å². The minimum atomic E-state index is -2.87. The summed E-state index contributed by atoms with van der Waals surface area (Å²) in [5, 5.41) is 0. The molecule has 0 aromatic heterocycles. The molecule has 2 aromatic carbocycles. The Morgan fingerprint density at radius 2 is 1.00 bits per heavy atom. The maximum atomic E-state index is 2.51. The van der Waals surface area contributed by atoms with E-state index in [9.17, 15) is 0 Å². The van der Waals surface area contributed by atoms with Crippen LogP contribution < -0.4 is 7.16 Å². The molecule has 29 heavy (non-hydrogen) atoms. The van der Waals surface area contributed by atoms with Gasteiger partial charge in [-0.1, -0.05) is 0 Å². The first-order valence-electron chi connectivity index (χ1n) is 11.4. The molecule has 0 radical (unpaired) electrons. The number of benzene rings is 2. The maximum absolute atomic E-state index is 2.87. The van der Waals surface area contributed by atoms with Gasteiger partial charge in [0.2, 0.25) is 0 Å². The van der Waals surface area contributed by atoms with Crippen molar-refractivity contribution in [3.8, 4) is 0 Å². The summed E-state index contributed by atoms with van der Waals surface area (Å²) in [6.07, 6.45) is 5.28. The normalized spacial score (nSPS) is 12.1. The summed E-state index contributed by atoms with van der Waals surface area (Å²) < 4.78 is 6.37. The molecule has 0 heterocycles. The van der Waals surface area contributed by atoms with E-state index < -0.39 is 18.4 Å². The van der Waals surface area contributed by atoms with Crippen LogP contribution in [0.5, 0.6) is 0 Å². The van der Waals surface area contributed by atoms with Gasteiger partial charge in [-0.25, -0.2) is 0 Å². The molecule has 0 bridgehead atoms. The second-order valence-electron chi connectivity index (χ2n) is 9.08. The third-order valence-corrected chi connectivity index (χ3v) is 21.5. The van der Waals surface area contributed by atoms with Crippen LogP contribution >= 0.6 is 0 Å². The summed E-state index contributed by atoms with van der Waals surface area (Å²) in [6, 6.07) is 18.9. The summed E-state index contributed by atoms with van der Waals surface area (Å²) in [4.78, 5) is 4.67. The zero-order valence-corrected chi connectivity index (χ0v) is 22.5. The van der Waals surface area contributed by atoms with Gasteiger partial charge in [0.1, 0.15) is 0 Å². The fourth-order valence-corrected chi connectivity index (χ4v) is 21.6. The zero-order chi connectivity index (χ0) is 21.3. The summed E-state index contributed by atoms with van der Waals surface area (Å²) in [5.41, 5.74) is 3.14. The van der Waals surface area contributed by atoms with Crippen LogP contribution in [0.2, 0.25) is 8.87 Å². The Kier molecular flexibility index (Phi) is 10.2. The van der Waals surface area contributed by atoms with Crippen LogP contribution in [-0.2, 0) is 13.1 Å². The number of hydrogen-bond donors (Lipinski definition) is 0. The van der Waals surface area contributed by atoms with Crippen molar-refractivity contribution in [3.63, 3.8) is 0 Å². The van der Waals surface area contributed by atoms with Gasteiger partial charge in [-0.15, -0.1) is 0 Å². The average molecular weight is 501 g/mol. The van der Waals surface area contributed by atoms with Crippen molar-refractivity contribution in [3.05, 3.63) is 59.7 Å². The predicted octanol–water partition coefficient (Wildman–Crippen LogP) is 4.97. The number of rotatable bonds is 12. The van der Waals surface area contributed by atoms with Gasteiger partial charge in [0, 0.05) is 0 Å². The van der Waals surface area contributed by atoms with E-state index in [-0.39, 0.29) is 0 Å². The second-order valence-corrected chi connectivity index (χ2v) is 21.2. The van der Waals surface area contributed by atoms with Crippen LogP contribution in [0.4, 0.5) is 0 Å². The van der Waals surface area contributed by atoms with Crippen molar-refractivity contribution in [2.75, 3.05) is 28.2 Å². The molecular formula is C26H42N2Sn. The Labute approximate surface area is 184 Å². The molecule has 2 rings (SSSR count). The Morgan fingerprint density at radius 1 is 0.621 bits per heavy atom. The van der Waals surface area contributed by atoms with Crippen molar-refractivity contribution in [1.29, 1.82) is 0 Å². The van der Waals surface area contributed by atoms with Gasteiger partial charge in [0.25, 0.3) is 0 Å². The summed E-state index contributed by atoms with van der Waals surface area (Å²) in [7, 11) is 8.80. The summed E-state index contributed by atoms with van der Waals surface area (Å²) >= 11 is -2.87. The summed E-state index contributed by atoms with van der Waals surface area (Å²) in [5.74, 6) is 0. The van der Waals surface area contributed by atoms with E-state index in [4.69, 9.17) is 0 Å². The molecule has 0 aliphatic heterocycles. The minimum absolute atomic E-state index is 1.04. The Balaban J connectivity index is 2.73. The molecular weight excluding hydrogens is 459 g/mol. The fraction of sp³-hybridized carbons (Fsp3) is 0.538. The van der Waals surface area contributed by atoms with Gasteiger partial charge in [0.15, 0.2) is 0 Å². The van der Waals surface area contributed by atoms with Gasteiger partial charge in [0.05, 0.1) is 0 Å². The van der Waals surface area contributed by atoms with Crippen molar-refractivity contribution in [2.45, 2.75) is 61.5 Å². The Morgan fingerprint density at radius 3 is 1.34 bits per heavy atom. The number of unbranched alkanes of at least 4 members (excludes halogenated alkanes) is 2. The first-order chi connectivity index (χ1) is 13.9. The molecule has 0 aliphatic rings. The van der Waals surface area contributed by atoms with Crippen molar-refractivity contribution in [2.24, 2.45) is 0 Å². The standard InChI is InChI=1S/2C9H12N.2C4H9.Sn/c2*1-10(2)8-9-6-4-3-5-7-9;2*1-3-4-2;/h2*3-6H,8H2,1-2H3;2*1,3-4H2,2H3;. The Hall–Kier alpha value is -0.841. The number of nitrogens with zero attached hydrogens (tertiary/aromatic N) is 2. The molecule has 3 heteroatoms. The Bertz CT molecular complexity index is 675. The van der Waals surface area contributed by atoms with Crippen LogP contribution in [0.1, 0.15) is 50.7 Å². The molecule has 2 aromatic rings. The molecule has 0 spiro atoms. The first-order valence-corrected chi connectivity index (χ1v) is 18.3. The fourth-order valence-electron chi connectivity index (χ4n) is 4.70. The zero-order valence-electron chi connectivity index (χ0n) is 19.7. The molecule has 0 unspecified atom stereocenters. The third kappa shape index (κ3) is 6.57. The molecule has 0 saturated carbocycles. The summed E-state index contributed by atoms with van der Waals surface area (Å²) in [6.45, 7) is 6.80. The molecule has 0 N–H and O–H groups in total. The van der Waals surface area contributed by atoms with E-state index >= 15 is 0 Å². The van der Waals surface area contributed by atoms with Gasteiger partial charge in [-0.05, 0) is 0 Å². The molecule has 0 amide bonds. The van der Waals surface area contributed by atoms with E-state index in [2.05, 4.69) is 100 Å². The van der Waals surface area contributed by atoms with Crippen molar-refractivity contribution < 1.29 is 0 Å². The van der Waals surface area contributed by atoms with Crippen LogP contribution in [0, 0.1) is 0 Å². The van der Waals surface area contributed by atoms with Gasteiger partial charge < -0.3 is 0 Å². The predicted molar refractivity (Wildman–Crippen MR) is 132 cm³/mol. The SMILES string of the molecule is CCC[CH2][Sn]([CH2]CCC)([c]1ccccc1CN(C)C)[c]1ccccc1CN(C)C. The van der Waals surface area contributed by atoms with E-state index in [1.165, 1.54) is 34.6 Å². The van der Waals surface area contributed by atoms with Gasteiger partial charge in [-0.2, -0.15) is 0 Å². The van der Waals surface area contributed by atoms with Gasteiger partial charge >= 0.3 is 185 Å². The first kappa shape index (κ1) is 24.4. The van der Waals surface area contributed by atoms with E-state index in [1.807, 2.05) is 0 Å². The molecule has 2 nitrogen and oxygen atoms in total. The van der Waals surface area contributed by atoms with Crippen LogP contribution in [0.3, 0.4) is 0 Å². The second kappa shape index (κ2) is 12.1. The molecule has 0 fully saturated rings. The quantitative estimate of drug-likeness (QED) is 0.379. The molecule has 0 saturated heterocycles. The third-order valence-electron chi connectivity index (χ3n) is 5.95. The van der Waals surface area contributed by atoms with Crippen molar-refractivity contribution >= 4 is 25.5 Å². The van der Waals surface area contributed by atoms with Crippen LogP contribution in [-0.4, -0.2) is 56.4 Å². The topological polar surface area (TPSA) is 6.48 Å². The number of hydrogen-bond acceptors (Lipinski definition) is 2. The monoisotopic (exact) mass is 502 g/mol. The van der Waals surface area contributed by atoms with Crippen LogP contribution in [0.25, 0.3) is 0 Å². The average Bonchev–Trinajstić information content (AvgIpc) is 2.69. The van der Waals surface area contributed by atoms with E-state index in [0.717, 1.165) is 13.1 Å². The van der Waals surface area contributed by atoms with E-state index in [0.29, 0.717) is 0 Å². The molecule has 0 aliphatic carbocycles. The molecule has 0 atom stereocenters. The van der Waals surface area contributed by atoms with Crippen LogP contribution in [0.15, 0.2) is 48.5 Å². The molecule has 160 valence electrons. The van der Waals surface area contributed by atoms with E-state index in [1.54, 1.807) is 18.3 Å². The van der Waals surface area contributed by atoms with Gasteiger partial charge in [-0.3, -0.25) is 0 Å².